The Labute approximate surface area is 70.1 Å². The number of hydrogen-bond acceptors (Lipinski definition) is 1. The molecule has 0 saturated heterocycles. The Bertz CT molecular complexity index is 93.0. The molecule has 66 valence electrons. The van der Waals surface area contributed by atoms with Crippen molar-refractivity contribution in [3.05, 3.63) is 12.2 Å². The normalized spacial score (nSPS) is 14.1. The van der Waals surface area contributed by atoms with Crippen molar-refractivity contribution in [1.29, 1.82) is 0 Å². The van der Waals surface area contributed by atoms with Crippen LogP contribution >= 0.6 is 0 Å². The lowest BCUT2D eigenvalue weighted by atomic mass is 10.0. The van der Waals surface area contributed by atoms with Gasteiger partial charge in [-0.2, -0.15) is 0 Å². The standard InChI is InChI=1S/C10H20O/c1-3-5-6-7-8-10(4-2)9-11/h5-6,10-11H,3-4,7-9H2,1-2H3/b6-5+. The van der Waals surface area contributed by atoms with Gasteiger partial charge in [0.25, 0.3) is 0 Å². The first-order chi connectivity index (χ1) is 5.35. The lowest BCUT2D eigenvalue weighted by molar-refractivity contribution is 0.215. The van der Waals surface area contributed by atoms with Gasteiger partial charge in [-0.15, -0.1) is 0 Å². The third-order valence-corrected chi connectivity index (χ3v) is 1.98. The van der Waals surface area contributed by atoms with Gasteiger partial charge in [0.15, 0.2) is 0 Å². The highest BCUT2D eigenvalue weighted by Crippen LogP contribution is 2.09. The summed E-state index contributed by atoms with van der Waals surface area (Å²) in [6, 6.07) is 0. The van der Waals surface area contributed by atoms with Crippen molar-refractivity contribution in [2.24, 2.45) is 5.92 Å². The molecule has 0 amide bonds. The van der Waals surface area contributed by atoms with Gasteiger partial charge in [-0.25, -0.2) is 0 Å². The molecular weight excluding hydrogens is 136 g/mol. The van der Waals surface area contributed by atoms with E-state index in [1.54, 1.807) is 0 Å². The predicted molar refractivity (Wildman–Crippen MR) is 49.5 cm³/mol. The van der Waals surface area contributed by atoms with E-state index >= 15 is 0 Å². The maximum Gasteiger partial charge on any atom is 0.0459 e. The van der Waals surface area contributed by atoms with E-state index in [0.717, 1.165) is 25.7 Å². The maximum absolute atomic E-state index is 8.86. The lowest BCUT2D eigenvalue weighted by Crippen LogP contribution is -2.03. The molecule has 0 aromatic rings. The second-order valence-corrected chi connectivity index (χ2v) is 2.91. The first-order valence-electron chi connectivity index (χ1n) is 4.61. The zero-order chi connectivity index (χ0) is 8.53. The van der Waals surface area contributed by atoms with Gasteiger partial charge in [0.2, 0.25) is 0 Å². The van der Waals surface area contributed by atoms with Gasteiger partial charge in [0.1, 0.15) is 0 Å². The molecule has 0 rings (SSSR count). The van der Waals surface area contributed by atoms with E-state index < -0.39 is 0 Å². The van der Waals surface area contributed by atoms with Gasteiger partial charge in [0, 0.05) is 6.61 Å². The SMILES string of the molecule is CC/C=C/CCC(CC)CO. The van der Waals surface area contributed by atoms with Crippen LogP contribution in [-0.2, 0) is 0 Å². The Morgan fingerprint density at radius 3 is 2.45 bits per heavy atom. The van der Waals surface area contributed by atoms with Crippen LogP contribution in [0.1, 0.15) is 39.5 Å². The van der Waals surface area contributed by atoms with Crippen LogP contribution in [0.3, 0.4) is 0 Å². The second kappa shape index (κ2) is 7.80. The summed E-state index contributed by atoms with van der Waals surface area (Å²) in [5.74, 6) is 0.511. The van der Waals surface area contributed by atoms with Gasteiger partial charge >= 0.3 is 0 Å². The highest BCUT2D eigenvalue weighted by molar-refractivity contribution is 4.80. The monoisotopic (exact) mass is 156 g/mol. The number of aliphatic hydroxyl groups excluding tert-OH is 1. The molecule has 0 aliphatic heterocycles. The van der Waals surface area contributed by atoms with Crippen LogP contribution in [0.15, 0.2) is 12.2 Å². The molecule has 1 atom stereocenters. The molecule has 0 saturated carbocycles. The molecule has 0 aliphatic carbocycles. The van der Waals surface area contributed by atoms with Crippen molar-refractivity contribution in [2.75, 3.05) is 6.61 Å². The van der Waals surface area contributed by atoms with Gasteiger partial charge < -0.3 is 5.11 Å². The minimum absolute atomic E-state index is 0.344. The Morgan fingerprint density at radius 2 is 2.00 bits per heavy atom. The van der Waals surface area contributed by atoms with Crippen LogP contribution in [0.2, 0.25) is 0 Å². The van der Waals surface area contributed by atoms with Gasteiger partial charge in [-0.3, -0.25) is 0 Å². The number of rotatable bonds is 6. The van der Waals surface area contributed by atoms with E-state index in [4.69, 9.17) is 5.11 Å². The molecule has 0 bridgehead atoms. The number of aliphatic hydroxyl groups is 1. The quantitative estimate of drug-likeness (QED) is 0.586. The van der Waals surface area contributed by atoms with Crippen molar-refractivity contribution >= 4 is 0 Å². The summed E-state index contributed by atoms with van der Waals surface area (Å²) < 4.78 is 0. The summed E-state index contributed by atoms with van der Waals surface area (Å²) in [6.45, 7) is 4.61. The molecule has 0 aliphatic rings. The molecule has 0 aromatic heterocycles. The van der Waals surface area contributed by atoms with Crippen LogP contribution < -0.4 is 0 Å². The molecule has 11 heavy (non-hydrogen) atoms. The topological polar surface area (TPSA) is 20.2 Å². The van der Waals surface area contributed by atoms with E-state index in [9.17, 15) is 0 Å². The Hall–Kier alpha value is -0.300. The smallest absolute Gasteiger partial charge is 0.0459 e. The van der Waals surface area contributed by atoms with E-state index in [1.165, 1.54) is 0 Å². The van der Waals surface area contributed by atoms with Crippen molar-refractivity contribution in [2.45, 2.75) is 39.5 Å². The first-order valence-corrected chi connectivity index (χ1v) is 4.61. The summed E-state index contributed by atoms with van der Waals surface area (Å²) >= 11 is 0. The predicted octanol–water partition coefficient (Wildman–Crippen LogP) is 2.75. The summed E-state index contributed by atoms with van der Waals surface area (Å²) in [5.41, 5.74) is 0. The van der Waals surface area contributed by atoms with E-state index in [-0.39, 0.29) is 0 Å². The van der Waals surface area contributed by atoms with Crippen LogP contribution in [-0.4, -0.2) is 11.7 Å². The Morgan fingerprint density at radius 1 is 1.27 bits per heavy atom. The third-order valence-electron chi connectivity index (χ3n) is 1.98. The van der Waals surface area contributed by atoms with Crippen LogP contribution in [0, 0.1) is 5.92 Å². The minimum atomic E-state index is 0.344. The molecule has 1 unspecified atom stereocenters. The third kappa shape index (κ3) is 6.11. The molecule has 1 nitrogen and oxygen atoms in total. The van der Waals surface area contributed by atoms with Crippen LogP contribution in [0.5, 0.6) is 0 Å². The van der Waals surface area contributed by atoms with Crippen molar-refractivity contribution in [3.63, 3.8) is 0 Å². The first kappa shape index (κ1) is 10.7. The molecule has 1 heteroatoms. The minimum Gasteiger partial charge on any atom is -0.396 e. The fourth-order valence-corrected chi connectivity index (χ4v) is 1.04. The Balaban J connectivity index is 3.27. The lowest BCUT2D eigenvalue weighted by Gasteiger charge is -2.08. The molecule has 0 heterocycles. The zero-order valence-electron chi connectivity index (χ0n) is 7.71. The number of hydrogen-bond donors (Lipinski definition) is 1. The maximum atomic E-state index is 8.86. The van der Waals surface area contributed by atoms with Gasteiger partial charge in [-0.05, 0) is 25.2 Å². The van der Waals surface area contributed by atoms with E-state index in [2.05, 4.69) is 26.0 Å². The van der Waals surface area contributed by atoms with Crippen molar-refractivity contribution in [3.8, 4) is 0 Å². The molecular formula is C10H20O. The molecule has 0 radical (unpaired) electrons. The fourth-order valence-electron chi connectivity index (χ4n) is 1.04. The highest BCUT2D eigenvalue weighted by atomic mass is 16.3. The fraction of sp³-hybridized carbons (Fsp3) is 0.800. The molecule has 0 spiro atoms. The van der Waals surface area contributed by atoms with Gasteiger partial charge in [0.05, 0.1) is 0 Å². The van der Waals surface area contributed by atoms with E-state index in [1.807, 2.05) is 0 Å². The average Bonchev–Trinajstić information content (AvgIpc) is 2.05. The zero-order valence-corrected chi connectivity index (χ0v) is 7.71. The molecule has 1 N–H and O–H groups in total. The van der Waals surface area contributed by atoms with Crippen LogP contribution in [0.4, 0.5) is 0 Å². The van der Waals surface area contributed by atoms with Crippen LogP contribution in [0.25, 0.3) is 0 Å². The van der Waals surface area contributed by atoms with Gasteiger partial charge in [-0.1, -0.05) is 32.4 Å². The highest BCUT2D eigenvalue weighted by Gasteiger charge is 2.01. The molecule has 0 aromatic carbocycles. The van der Waals surface area contributed by atoms with E-state index in [0.29, 0.717) is 12.5 Å². The number of allylic oxidation sites excluding steroid dienone is 2. The summed E-state index contributed by atoms with van der Waals surface area (Å²) in [6.07, 6.45) is 8.85. The Kier molecular flexibility index (Phi) is 7.59. The molecule has 0 fully saturated rings. The summed E-state index contributed by atoms with van der Waals surface area (Å²) in [5, 5.41) is 8.86. The summed E-state index contributed by atoms with van der Waals surface area (Å²) in [7, 11) is 0. The average molecular weight is 156 g/mol. The summed E-state index contributed by atoms with van der Waals surface area (Å²) in [4.78, 5) is 0. The van der Waals surface area contributed by atoms with Crippen molar-refractivity contribution < 1.29 is 5.11 Å². The van der Waals surface area contributed by atoms with Crippen molar-refractivity contribution in [1.82, 2.24) is 0 Å². The second-order valence-electron chi connectivity index (χ2n) is 2.91. The largest absolute Gasteiger partial charge is 0.396 e.